The van der Waals surface area contributed by atoms with E-state index in [1.165, 1.54) is 19.3 Å². The summed E-state index contributed by atoms with van der Waals surface area (Å²) in [5, 5.41) is 20.8. The number of carbonyl (C=O) groups excluding carboxylic acids is 1. The van der Waals surface area contributed by atoms with Gasteiger partial charge in [-0.25, -0.2) is 0 Å². The molecule has 6 aliphatic carbocycles. The Hall–Kier alpha value is -1.10. The fourth-order valence-electron chi connectivity index (χ4n) is 12.6. The Morgan fingerprint density at radius 3 is 2.48 bits per heavy atom. The van der Waals surface area contributed by atoms with Crippen LogP contribution in [0.4, 0.5) is 0 Å². The minimum Gasteiger partial charge on any atom is -0.481 e. The third kappa shape index (κ3) is 2.44. The van der Waals surface area contributed by atoms with Crippen molar-refractivity contribution in [1.82, 2.24) is 0 Å². The average Bonchev–Trinajstić information content (AvgIpc) is 3.54. The number of esters is 1. The summed E-state index contributed by atoms with van der Waals surface area (Å²) in [7, 11) is 0. The predicted molar refractivity (Wildman–Crippen MR) is 121 cm³/mol. The number of carbonyl (C=O) groups is 2. The SMILES string of the molecule is CCC1C2CC3C1CC(CO)C(C(=O)O)C3(CC1C3CC4C1CC1COC(=O)C1C4(C)C3)C2. The van der Waals surface area contributed by atoms with Gasteiger partial charge in [0.25, 0.3) is 0 Å². The molecule has 7 rings (SSSR count). The van der Waals surface area contributed by atoms with Crippen molar-refractivity contribution in [1.29, 1.82) is 0 Å². The smallest absolute Gasteiger partial charge is 0.309 e. The number of ether oxygens (including phenoxy) is 1. The topological polar surface area (TPSA) is 83.8 Å². The van der Waals surface area contributed by atoms with E-state index >= 15 is 0 Å². The van der Waals surface area contributed by atoms with Gasteiger partial charge in [-0.2, -0.15) is 0 Å². The van der Waals surface area contributed by atoms with Crippen molar-refractivity contribution in [3.63, 3.8) is 0 Å². The van der Waals surface area contributed by atoms with Crippen molar-refractivity contribution in [3.8, 4) is 0 Å². The van der Waals surface area contributed by atoms with Crippen molar-refractivity contribution < 1.29 is 24.5 Å². The first-order chi connectivity index (χ1) is 15.8. The zero-order valence-electron chi connectivity index (χ0n) is 20.1. The molecule has 33 heavy (non-hydrogen) atoms. The van der Waals surface area contributed by atoms with Crippen LogP contribution in [0.5, 0.6) is 0 Å². The molecule has 0 aromatic carbocycles. The molecule has 2 N–H and O–H groups in total. The third-order valence-corrected chi connectivity index (χ3v) is 13.1. The molecule has 4 bridgehead atoms. The summed E-state index contributed by atoms with van der Waals surface area (Å²) in [5.74, 6) is 4.42. The number of aliphatic hydroxyl groups excluding tert-OH is 1. The normalized spacial score (nSPS) is 59.7. The van der Waals surface area contributed by atoms with Gasteiger partial charge in [-0.05, 0) is 109 Å². The number of hydrogen-bond acceptors (Lipinski definition) is 4. The van der Waals surface area contributed by atoms with Gasteiger partial charge in [0.2, 0.25) is 0 Å². The third-order valence-electron chi connectivity index (χ3n) is 13.1. The highest BCUT2D eigenvalue weighted by atomic mass is 16.5. The molecule has 1 saturated heterocycles. The van der Waals surface area contributed by atoms with Gasteiger partial charge in [0, 0.05) is 12.5 Å². The maximum absolute atomic E-state index is 12.8. The Bertz CT molecular complexity index is 886. The Labute approximate surface area is 197 Å². The number of carboxylic acid groups (broad SMARTS) is 1. The van der Waals surface area contributed by atoms with Crippen LogP contribution in [0, 0.1) is 81.8 Å². The lowest BCUT2D eigenvalue weighted by atomic mass is 9.45. The number of hydrogen-bond donors (Lipinski definition) is 2. The molecule has 1 aliphatic heterocycles. The molecule has 14 unspecified atom stereocenters. The molecular weight excluding hydrogens is 416 g/mol. The molecule has 0 radical (unpaired) electrons. The zero-order chi connectivity index (χ0) is 22.9. The molecular formula is C28H40O5. The molecule has 182 valence electrons. The summed E-state index contributed by atoms with van der Waals surface area (Å²) in [6, 6.07) is 0. The van der Waals surface area contributed by atoms with Crippen LogP contribution in [0.2, 0.25) is 0 Å². The quantitative estimate of drug-likeness (QED) is 0.605. The molecule has 6 saturated carbocycles. The van der Waals surface area contributed by atoms with Crippen molar-refractivity contribution in [2.45, 2.75) is 65.2 Å². The van der Waals surface area contributed by atoms with E-state index in [1.807, 2.05) is 0 Å². The first-order valence-electron chi connectivity index (χ1n) is 13.8. The summed E-state index contributed by atoms with van der Waals surface area (Å²) in [5.41, 5.74) is -0.0280. The maximum Gasteiger partial charge on any atom is 0.309 e. The second-order valence-electron chi connectivity index (χ2n) is 13.7. The molecule has 14 atom stereocenters. The number of rotatable bonds is 5. The fraction of sp³-hybridized carbons (Fsp3) is 0.929. The van der Waals surface area contributed by atoms with Crippen LogP contribution in [-0.2, 0) is 14.3 Å². The van der Waals surface area contributed by atoms with Crippen molar-refractivity contribution in [3.05, 3.63) is 0 Å². The second kappa shape index (κ2) is 6.77. The highest BCUT2D eigenvalue weighted by Crippen LogP contribution is 2.76. The number of cyclic esters (lactones) is 1. The van der Waals surface area contributed by atoms with E-state index in [2.05, 4.69) is 13.8 Å². The van der Waals surface area contributed by atoms with E-state index in [1.54, 1.807) is 0 Å². The molecule has 0 amide bonds. The lowest BCUT2D eigenvalue weighted by Crippen LogP contribution is -2.56. The molecule has 0 spiro atoms. The van der Waals surface area contributed by atoms with E-state index in [-0.39, 0.29) is 41.2 Å². The lowest BCUT2D eigenvalue weighted by Gasteiger charge is -2.58. The minimum atomic E-state index is -0.653. The highest BCUT2D eigenvalue weighted by Gasteiger charge is 2.72. The molecule has 0 aromatic heterocycles. The van der Waals surface area contributed by atoms with Crippen LogP contribution in [0.3, 0.4) is 0 Å². The highest BCUT2D eigenvalue weighted by molar-refractivity contribution is 5.76. The van der Waals surface area contributed by atoms with E-state index < -0.39 is 5.97 Å². The van der Waals surface area contributed by atoms with E-state index in [4.69, 9.17) is 4.74 Å². The Balaban J connectivity index is 1.24. The van der Waals surface area contributed by atoms with Gasteiger partial charge in [-0.1, -0.05) is 20.3 Å². The van der Waals surface area contributed by atoms with Gasteiger partial charge < -0.3 is 14.9 Å². The van der Waals surface area contributed by atoms with Crippen molar-refractivity contribution in [2.75, 3.05) is 13.2 Å². The monoisotopic (exact) mass is 456 g/mol. The zero-order valence-corrected chi connectivity index (χ0v) is 20.1. The summed E-state index contributed by atoms with van der Waals surface area (Å²) < 4.78 is 5.57. The average molecular weight is 457 g/mol. The van der Waals surface area contributed by atoms with Gasteiger partial charge in [0.1, 0.15) is 0 Å². The van der Waals surface area contributed by atoms with Crippen LogP contribution in [0.15, 0.2) is 0 Å². The Morgan fingerprint density at radius 1 is 1.03 bits per heavy atom. The second-order valence-corrected chi connectivity index (χ2v) is 13.7. The fourth-order valence-corrected chi connectivity index (χ4v) is 12.6. The lowest BCUT2D eigenvalue weighted by molar-refractivity contribution is -0.171. The minimum absolute atomic E-state index is 0.0183. The van der Waals surface area contributed by atoms with Gasteiger partial charge in [0.05, 0.1) is 18.4 Å². The van der Waals surface area contributed by atoms with Crippen LogP contribution < -0.4 is 0 Å². The number of fused-ring (bicyclic) bond motifs is 4. The van der Waals surface area contributed by atoms with Gasteiger partial charge in [-0.3, -0.25) is 9.59 Å². The molecule has 5 heteroatoms. The van der Waals surface area contributed by atoms with Gasteiger partial charge in [-0.15, -0.1) is 0 Å². The Kier molecular flexibility index (Phi) is 4.35. The van der Waals surface area contributed by atoms with Crippen LogP contribution in [0.25, 0.3) is 0 Å². The molecule has 7 fully saturated rings. The molecule has 5 nitrogen and oxygen atoms in total. The largest absolute Gasteiger partial charge is 0.481 e. The van der Waals surface area contributed by atoms with E-state index in [0.717, 1.165) is 38.0 Å². The Morgan fingerprint density at radius 2 is 1.76 bits per heavy atom. The maximum atomic E-state index is 12.8. The molecule has 7 aliphatic rings. The van der Waals surface area contributed by atoms with E-state index in [0.29, 0.717) is 54.0 Å². The first-order valence-corrected chi connectivity index (χ1v) is 13.8. The number of aliphatic carboxylic acids is 1. The summed E-state index contributed by atoms with van der Waals surface area (Å²) in [6.45, 7) is 5.29. The standard InChI is InChI=1S/C28H40O5/c1-3-17-14-7-22-18(17)4-15(11-29)23(25(30)31)28(22,9-14)10-20-13-6-21-19(20)5-16-12-33-26(32)24(16)27(21,2)8-13/h13-24,29H,3-12H2,1-2H3,(H,30,31). The number of aliphatic hydroxyl groups is 1. The van der Waals surface area contributed by atoms with E-state index in [9.17, 15) is 19.8 Å². The predicted octanol–water partition coefficient (Wildman–Crippen LogP) is 4.23. The molecule has 1 heterocycles. The van der Waals surface area contributed by atoms with Crippen molar-refractivity contribution >= 4 is 11.9 Å². The van der Waals surface area contributed by atoms with Crippen LogP contribution >= 0.6 is 0 Å². The summed E-state index contributed by atoms with van der Waals surface area (Å²) >= 11 is 0. The summed E-state index contributed by atoms with van der Waals surface area (Å²) in [6.07, 6.45) is 8.93. The van der Waals surface area contributed by atoms with Gasteiger partial charge in [0.15, 0.2) is 0 Å². The summed E-state index contributed by atoms with van der Waals surface area (Å²) in [4.78, 5) is 25.4. The van der Waals surface area contributed by atoms with Crippen LogP contribution in [0.1, 0.15) is 65.2 Å². The van der Waals surface area contributed by atoms with Crippen molar-refractivity contribution in [2.24, 2.45) is 81.8 Å². The first kappa shape index (κ1) is 21.2. The number of carboxylic acids is 1. The molecule has 0 aromatic rings. The van der Waals surface area contributed by atoms with Crippen LogP contribution in [-0.4, -0.2) is 35.4 Å². The van der Waals surface area contributed by atoms with Gasteiger partial charge >= 0.3 is 11.9 Å².